The Morgan fingerprint density at radius 3 is 2.00 bits per heavy atom. The Hall–Kier alpha value is -2.69. The Balaban J connectivity index is 2.04. The summed E-state index contributed by atoms with van der Waals surface area (Å²) in [5.41, 5.74) is 4.07. The highest BCUT2D eigenvalue weighted by Crippen LogP contribution is 2.38. The van der Waals surface area contributed by atoms with Crippen molar-refractivity contribution in [1.29, 1.82) is 0 Å². The number of hydrogen-bond acceptors (Lipinski definition) is 5. The molecule has 0 bridgehead atoms. The molecular weight excluding hydrogens is 320 g/mol. The number of methoxy groups -OCH3 is 3. The second-order valence-electron chi connectivity index (χ2n) is 5.79. The summed E-state index contributed by atoms with van der Waals surface area (Å²) in [7, 11) is 4.64. The van der Waals surface area contributed by atoms with Crippen LogP contribution in [0.5, 0.6) is 17.2 Å². The van der Waals surface area contributed by atoms with Crippen LogP contribution in [0, 0.1) is 13.8 Å². The highest BCUT2D eigenvalue weighted by atomic mass is 16.5. The molecule has 0 saturated heterocycles. The molecule has 2 aromatic rings. The SMILES string of the molecule is COc1cc(COC(=O)Cc2ccc(C)c(C)c2)cc(OC)c1OC. The van der Waals surface area contributed by atoms with E-state index in [1.54, 1.807) is 33.5 Å². The lowest BCUT2D eigenvalue weighted by Gasteiger charge is -2.14. The third kappa shape index (κ3) is 4.66. The van der Waals surface area contributed by atoms with Crippen LogP contribution in [-0.4, -0.2) is 27.3 Å². The molecule has 0 fully saturated rings. The highest BCUT2D eigenvalue weighted by Gasteiger charge is 2.14. The zero-order valence-electron chi connectivity index (χ0n) is 15.3. The van der Waals surface area contributed by atoms with E-state index in [-0.39, 0.29) is 19.0 Å². The normalized spacial score (nSPS) is 10.3. The topological polar surface area (TPSA) is 54.0 Å². The molecule has 0 N–H and O–H groups in total. The standard InChI is InChI=1S/C20H24O5/c1-13-6-7-15(8-14(13)2)11-19(21)25-12-16-9-17(22-3)20(24-5)18(10-16)23-4/h6-10H,11-12H2,1-5H3. The Morgan fingerprint density at radius 1 is 0.840 bits per heavy atom. The Kier molecular flexibility index (Phi) is 6.28. The van der Waals surface area contributed by atoms with E-state index in [2.05, 4.69) is 0 Å². The molecule has 0 atom stereocenters. The van der Waals surface area contributed by atoms with Crippen LogP contribution in [0.25, 0.3) is 0 Å². The van der Waals surface area contributed by atoms with Gasteiger partial charge < -0.3 is 18.9 Å². The van der Waals surface area contributed by atoms with Gasteiger partial charge in [-0.2, -0.15) is 0 Å². The molecule has 0 aliphatic carbocycles. The fourth-order valence-corrected chi connectivity index (χ4v) is 2.51. The second-order valence-corrected chi connectivity index (χ2v) is 5.79. The van der Waals surface area contributed by atoms with Crippen LogP contribution in [0.1, 0.15) is 22.3 Å². The maximum Gasteiger partial charge on any atom is 0.310 e. The Labute approximate surface area is 148 Å². The van der Waals surface area contributed by atoms with Crippen molar-refractivity contribution in [2.45, 2.75) is 26.9 Å². The van der Waals surface area contributed by atoms with E-state index < -0.39 is 0 Å². The molecule has 0 aliphatic heterocycles. The minimum atomic E-state index is -0.281. The van der Waals surface area contributed by atoms with Gasteiger partial charge in [0.05, 0.1) is 27.8 Å². The largest absolute Gasteiger partial charge is 0.493 e. The number of aryl methyl sites for hydroxylation is 2. The second kappa shape index (κ2) is 8.42. The maximum atomic E-state index is 12.1. The first kappa shape index (κ1) is 18.6. The van der Waals surface area contributed by atoms with Gasteiger partial charge >= 0.3 is 5.97 Å². The van der Waals surface area contributed by atoms with Gasteiger partial charge in [-0.25, -0.2) is 0 Å². The van der Waals surface area contributed by atoms with Crippen molar-refractivity contribution >= 4 is 5.97 Å². The summed E-state index contributed by atoms with van der Waals surface area (Å²) >= 11 is 0. The van der Waals surface area contributed by atoms with Crippen molar-refractivity contribution in [2.24, 2.45) is 0 Å². The molecule has 2 rings (SSSR count). The smallest absolute Gasteiger partial charge is 0.310 e. The monoisotopic (exact) mass is 344 g/mol. The van der Waals surface area contributed by atoms with Crippen molar-refractivity contribution in [3.05, 3.63) is 52.6 Å². The summed E-state index contributed by atoms with van der Waals surface area (Å²) in [6.07, 6.45) is 0.242. The van der Waals surface area contributed by atoms with E-state index >= 15 is 0 Å². The number of benzene rings is 2. The fraction of sp³-hybridized carbons (Fsp3) is 0.350. The van der Waals surface area contributed by atoms with Crippen LogP contribution < -0.4 is 14.2 Å². The van der Waals surface area contributed by atoms with Gasteiger partial charge in [0, 0.05) is 0 Å². The van der Waals surface area contributed by atoms with Crippen LogP contribution in [0.3, 0.4) is 0 Å². The minimum absolute atomic E-state index is 0.139. The first-order chi connectivity index (χ1) is 12.0. The summed E-state index contributed by atoms with van der Waals surface area (Å²) in [6.45, 7) is 4.21. The van der Waals surface area contributed by atoms with Gasteiger partial charge in [-0.3, -0.25) is 4.79 Å². The predicted octanol–water partition coefficient (Wildman–Crippen LogP) is 3.62. The lowest BCUT2D eigenvalue weighted by molar-refractivity contribution is -0.144. The molecule has 134 valence electrons. The summed E-state index contributed by atoms with van der Waals surface area (Å²) in [5.74, 6) is 1.29. The first-order valence-corrected chi connectivity index (χ1v) is 7.99. The van der Waals surface area contributed by atoms with Gasteiger partial charge in [0.15, 0.2) is 11.5 Å². The third-order valence-electron chi connectivity index (χ3n) is 4.04. The van der Waals surface area contributed by atoms with Gasteiger partial charge in [-0.05, 0) is 48.2 Å². The van der Waals surface area contributed by atoms with Crippen LogP contribution in [0.15, 0.2) is 30.3 Å². The molecule has 5 nitrogen and oxygen atoms in total. The Morgan fingerprint density at radius 2 is 1.48 bits per heavy atom. The highest BCUT2D eigenvalue weighted by molar-refractivity contribution is 5.72. The number of esters is 1. The fourth-order valence-electron chi connectivity index (χ4n) is 2.51. The molecule has 25 heavy (non-hydrogen) atoms. The molecule has 0 aromatic heterocycles. The summed E-state index contributed by atoms with van der Waals surface area (Å²) < 4.78 is 21.3. The number of carbonyl (C=O) groups is 1. The predicted molar refractivity (Wildman–Crippen MR) is 95.5 cm³/mol. The Bertz CT molecular complexity index is 727. The van der Waals surface area contributed by atoms with Crippen molar-refractivity contribution < 1.29 is 23.7 Å². The molecule has 0 unspecified atom stereocenters. The lowest BCUT2D eigenvalue weighted by Crippen LogP contribution is -2.08. The van der Waals surface area contributed by atoms with Crippen LogP contribution in [0.2, 0.25) is 0 Å². The number of carbonyl (C=O) groups excluding carboxylic acids is 1. The quantitative estimate of drug-likeness (QED) is 0.718. The average molecular weight is 344 g/mol. The van der Waals surface area contributed by atoms with E-state index in [9.17, 15) is 4.79 Å². The van der Waals surface area contributed by atoms with E-state index in [0.29, 0.717) is 17.2 Å². The first-order valence-electron chi connectivity index (χ1n) is 7.99. The van der Waals surface area contributed by atoms with E-state index in [0.717, 1.165) is 16.7 Å². The molecule has 0 saturated carbocycles. The van der Waals surface area contributed by atoms with Gasteiger partial charge in [0.1, 0.15) is 6.61 Å². The molecule has 0 aliphatic rings. The van der Waals surface area contributed by atoms with Gasteiger partial charge in [0.25, 0.3) is 0 Å². The number of rotatable bonds is 7. The summed E-state index contributed by atoms with van der Waals surface area (Å²) in [6, 6.07) is 9.51. The minimum Gasteiger partial charge on any atom is -0.493 e. The third-order valence-corrected chi connectivity index (χ3v) is 4.04. The molecule has 0 radical (unpaired) electrons. The number of ether oxygens (including phenoxy) is 4. The molecule has 0 heterocycles. The van der Waals surface area contributed by atoms with E-state index in [4.69, 9.17) is 18.9 Å². The van der Waals surface area contributed by atoms with E-state index in [1.807, 2.05) is 32.0 Å². The maximum absolute atomic E-state index is 12.1. The van der Waals surface area contributed by atoms with E-state index in [1.165, 1.54) is 5.56 Å². The van der Waals surface area contributed by atoms with Crippen LogP contribution >= 0.6 is 0 Å². The molecule has 2 aromatic carbocycles. The molecule has 0 amide bonds. The van der Waals surface area contributed by atoms with Crippen molar-refractivity contribution in [2.75, 3.05) is 21.3 Å². The van der Waals surface area contributed by atoms with Gasteiger partial charge in [-0.1, -0.05) is 18.2 Å². The van der Waals surface area contributed by atoms with Gasteiger partial charge in [-0.15, -0.1) is 0 Å². The zero-order chi connectivity index (χ0) is 18.4. The van der Waals surface area contributed by atoms with Crippen molar-refractivity contribution in [3.63, 3.8) is 0 Å². The molecule has 5 heteroatoms. The summed E-state index contributed by atoms with van der Waals surface area (Å²) in [4.78, 5) is 12.1. The zero-order valence-corrected chi connectivity index (χ0v) is 15.3. The molecular formula is C20H24O5. The lowest BCUT2D eigenvalue weighted by atomic mass is 10.0. The molecule has 0 spiro atoms. The van der Waals surface area contributed by atoms with Crippen LogP contribution in [0.4, 0.5) is 0 Å². The van der Waals surface area contributed by atoms with Crippen molar-refractivity contribution in [3.8, 4) is 17.2 Å². The summed E-state index contributed by atoms with van der Waals surface area (Å²) in [5, 5.41) is 0. The average Bonchev–Trinajstić information content (AvgIpc) is 2.62. The van der Waals surface area contributed by atoms with Gasteiger partial charge in [0.2, 0.25) is 5.75 Å². The van der Waals surface area contributed by atoms with Crippen molar-refractivity contribution in [1.82, 2.24) is 0 Å². The van der Waals surface area contributed by atoms with Crippen LogP contribution in [-0.2, 0) is 22.6 Å². The number of hydrogen-bond donors (Lipinski definition) is 0.